The molecule has 2 unspecified atom stereocenters. The van der Waals surface area contributed by atoms with E-state index in [-0.39, 0.29) is 5.92 Å². The quantitative estimate of drug-likeness (QED) is 0.678. The number of hydrogen-bond donors (Lipinski definition) is 0. The monoisotopic (exact) mass is 249 g/mol. The third-order valence-corrected chi connectivity index (χ3v) is 3.71. The fourth-order valence-corrected chi connectivity index (χ4v) is 2.72. The van der Waals surface area contributed by atoms with E-state index < -0.39 is 0 Å². The summed E-state index contributed by atoms with van der Waals surface area (Å²) in [5.74, 6) is 0.114. The van der Waals surface area contributed by atoms with Crippen molar-refractivity contribution in [3.05, 3.63) is 0 Å². The molecule has 0 amide bonds. The van der Waals surface area contributed by atoms with Gasteiger partial charge in [0.15, 0.2) is 0 Å². The summed E-state index contributed by atoms with van der Waals surface area (Å²) in [7, 11) is 1.69. The first-order valence-electron chi connectivity index (χ1n) is 6.83. The van der Waals surface area contributed by atoms with Gasteiger partial charge in [-0.05, 0) is 12.8 Å². The van der Waals surface area contributed by atoms with Crippen LogP contribution in [0.1, 0.15) is 38.5 Å². The highest BCUT2D eigenvalue weighted by molar-refractivity contribution is 4.95. The maximum absolute atomic E-state index is 9.31. The minimum absolute atomic E-state index is 0.114. The molecule has 0 heterocycles. The molecule has 0 aromatic carbocycles. The van der Waals surface area contributed by atoms with E-state index in [0.29, 0.717) is 19.1 Å². The Morgan fingerprint density at radius 2 is 1.94 bits per heavy atom. The summed E-state index contributed by atoms with van der Waals surface area (Å²) >= 11 is 0. The zero-order valence-electron chi connectivity index (χ0n) is 11.3. The molecule has 1 aliphatic rings. The molecule has 0 aliphatic heterocycles. The predicted molar refractivity (Wildman–Crippen MR) is 69.7 cm³/mol. The van der Waals surface area contributed by atoms with Crippen molar-refractivity contribution in [1.29, 1.82) is 10.5 Å². The Morgan fingerprint density at radius 1 is 1.17 bits per heavy atom. The van der Waals surface area contributed by atoms with Crippen LogP contribution in [0.2, 0.25) is 0 Å². The second-order valence-electron chi connectivity index (χ2n) is 4.88. The molecule has 0 spiro atoms. The van der Waals surface area contributed by atoms with Gasteiger partial charge in [0.2, 0.25) is 0 Å². The molecule has 0 aromatic heterocycles. The molecule has 0 bridgehead atoms. The average Bonchev–Trinajstić information content (AvgIpc) is 2.64. The zero-order chi connectivity index (χ0) is 13.2. The molecular weight excluding hydrogens is 226 g/mol. The lowest BCUT2D eigenvalue weighted by Gasteiger charge is -2.32. The number of rotatable bonds is 6. The summed E-state index contributed by atoms with van der Waals surface area (Å²) in [5.41, 5.74) is 0. The van der Waals surface area contributed by atoms with Crippen LogP contribution in [0.15, 0.2) is 0 Å². The molecule has 0 radical (unpaired) electrons. The normalized spacial score (nSPS) is 24.2. The van der Waals surface area contributed by atoms with Gasteiger partial charge in [0.1, 0.15) is 0 Å². The molecule has 4 nitrogen and oxygen atoms in total. The van der Waals surface area contributed by atoms with E-state index >= 15 is 0 Å². The van der Waals surface area contributed by atoms with E-state index in [9.17, 15) is 5.26 Å². The second kappa shape index (κ2) is 8.91. The largest absolute Gasteiger partial charge is 0.383 e. The highest BCUT2D eigenvalue weighted by Gasteiger charge is 2.28. The molecule has 1 rings (SSSR count). The summed E-state index contributed by atoms with van der Waals surface area (Å²) in [5, 5.41) is 18.1. The molecule has 4 heteroatoms. The number of hydrogen-bond acceptors (Lipinski definition) is 4. The summed E-state index contributed by atoms with van der Waals surface area (Å²) in [6.07, 6.45) is 6.18. The molecule has 100 valence electrons. The van der Waals surface area contributed by atoms with Gasteiger partial charge in [-0.1, -0.05) is 19.3 Å². The molecule has 0 aromatic rings. The minimum Gasteiger partial charge on any atom is -0.383 e. The van der Waals surface area contributed by atoms with Crippen LogP contribution in [-0.4, -0.2) is 37.7 Å². The standard InChI is InChI=1S/C14H23N3O/c1-18-11-10-17(9-5-8-15)14-7-4-2-3-6-13(14)12-16/h13-14H,2-7,9-11H2,1H3. The molecule has 2 atom stereocenters. The van der Waals surface area contributed by atoms with E-state index in [0.717, 1.165) is 32.4 Å². The smallest absolute Gasteiger partial charge is 0.0672 e. The van der Waals surface area contributed by atoms with Gasteiger partial charge in [-0.15, -0.1) is 0 Å². The lowest BCUT2D eigenvalue weighted by molar-refractivity contribution is 0.102. The average molecular weight is 249 g/mol. The van der Waals surface area contributed by atoms with Gasteiger partial charge >= 0.3 is 0 Å². The van der Waals surface area contributed by atoms with Crippen molar-refractivity contribution in [2.24, 2.45) is 5.92 Å². The first-order valence-corrected chi connectivity index (χ1v) is 6.83. The summed E-state index contributed by atoms with van der Waals surface area (Å²) < 4.78 is 5.14. The Kier molecular flexibility index (Phi) is 7.41. The van der Waals surface area contributed by atoms with Crippen molar-refractivity contribution in [3.63, 3.8) is 0 Å². The summed E-state index contributed by atoms with van der Waals surface area (Å²) in [6.45, 7) is 2.24. The maximum atomic E-state index is 9.31. The lowest BCUT2D eigenvalue weighted by Crippen LogP contribution is -2.42. The highest BCUT2D eigenvalue weighted by Crippen LogP contribution is 2.27. The Bertz CT molecular complexity index is 305. The Labute approximate surface area is 110 Å². The SMILES string of the molecule is COCCN(CCC#N)C1CCCCCC1C#N. The molecule has 1 aliphatic carbocycles. The van der Waals surface area contributed by atoms with E-state index in [1.807, 2.05) is 0 Å². The topological polar surface area (TPSA) is 60.0 Å². The number of nitriles is 2. The van der Waals surface area contributed by atoms with Crippen LogP contribution in [0.3, 0.4) is 0 Å². The Hall–Kier alpha value is -1.10. The molecule has 0 saturated heterocycles. The van der Waals surface area contributed by atoms with Gasteiger partial charge in [0, 0.05) is 32.7 Å². The summed E-state index contributed by atoms with van der Waals surface area (Å²) in [4.78, 5) is 2.28. The second-order valence-corrected chi connectivity index (χ2v) is 4.88. The fraction of sp³-hybridized carbons (Fsp3) is 0.857. The van der Waals surface area contributed by atoms with Gasteiger partial charge in [-0.2, -0.15) is 10.5 Å². The van der Waals surface area contributed by atoms with Crippen LogP contribution in [0, 0.1) is 28.6 Å². The van der Waals surface area contributed by atoms with Gasteiger partial charge < -0.3 is 4.74 Å². The minimum atomic E-state index is 0.114. The van der Waals surface area contributed by atoms with Crippen LogP contribution >= 0.6 is 0 Å². The first-order chi connectivity index (χ1) is 8.83. The van der Waals surface area contributed by atoms with Gasteiger partial charge in [-0.3, -0.25) is 4.90 Å². The van der Waals surface area contributed by atoms with Crippen molar-refractivity contribution in [2.45, 2.75) is 44.6 Å². The van der Waals surface area contributed by atoms with Crippen molar-refractivity contribution >= 4 is 0 Å². The predicted octanol–water partition coefficient (Wildman–Crippen LogP) is 2.32. The van der Waals surface area contributed by atoms with Crippen molar-refractivity contribution in [3.8, 4) is 12.1 Å². The van der Waals surface area contributed by atoms with E-state index in [2.05, 4.69) is 17.0 Å². The third kappa shape index (κ3) is 4.64. The van der Waals surface area contributed by atoms with E-state index in [4.69, 9.17) is 10.00 Å². The van der Waals surface area contributed by atoms with E-state index in [1.165, 1.54) is 12.8 Å². The Balaban J connectivity index is 2.66. The molecule has 1 saturated carbocycles. The molecule has 1 fully saturated rings. The maximum Gasteiger partial charge on any atom is 0.0672 e. The number of methoxy groups -OCH3 is 1. The van der Waals surface area contributed by atoms with Crippen LogP contribution < -0.4 is 0 Å². The van der Waals surface area contributed by atoms with Crippen LogP contribution in [0.4, 0.5) is 0 Å². The first kappa shape index (κ1) is 15.0. The van der Waals surface area contributed by atoms with Gasteiger partial charge in [0.05, 0.1) is 24.7 Å². The molecular formula is C14H23N3O. The fourth-order valence-electron chi connectivity index (χ4n) is 2.72. The number of ether oxygens (including phenoxy) is 1. The Morgan fingerprint density at radius 3 is 2.61 bits per heavy atom. The van der Waals surface area contributed by atoms with Crippen molar-refractivity contribution in [2.75, 3.05) is 26.8 Å². The van der Waals surface area contributed by atoms with Crippen molar-refractivity contribution in [1.82, 2.24) is 4.90 Å². The summed E-state index contributed by atoms with van der Waals surface area (Å²) in [6, 6.07) is 4.97. The van der Waals surface area contributed by atoms with Gasteiger partial charge in [-0.25, -0.2) is 0 Å². The van der Waals surface area contributed by atoms with Crippen LogP contribution in [0.5, 0.6) is 0 Å². The van der Waals surface area contributed by atoms with E-state index in [1.54, 1.807) is 7.11 Å². The third-order valence-electron chi connectivity index (χ3n) is 3.71. The van der Waals surface area contributed by atoms with Crippen molar-refractivity contribution < 1.29 is 4.74 Å². The van der Waals surface area contributed by atoms with Crippen LogP contribution in [-0.2, 0) is 4.74 Å². The molecule has 18 heavy (non-hydrogen) atoms. The van der Waals surface area contributed by atoms with Crippen LogP contribution in [0.25, 0.3) is 0 Å². The molecule has 0 N–H and O–H groups in total. The highest BCUT2D eigenvalue weighted by atomic mass is 16.5. The zero-order valence-corrected chi connectivity index (χ0v) is 11.3. The lowest BCUT2D eigenvalue weighted by atomic mass is 9.94. The van der Waals surface area contributed by atoms with Gasteiger partial charge in [0.25, 0.3) is 0 Å². The number of nitrogens with zero attached hydrogens (tertiary/aromatic N) is 3.